The van der Waals surface area contributed by atoms with Crippen LogP contribution in [0.1, 0.15) is 12.8 Å². The molecule has 0 aliphatic heterocycles. The molecular formula is C8H12N2O4S. The third-order valence-corrected chi connectivity index (χ3v) is 3.23. The van der Waals surface area contributed by atoms with E-state index in [0.717, 1.165) is 7.11 Å². The minimum Gasteiger partial charge on any atom is -0.460 e. The van der Waals surface area contributed by atoms with Crippen LogP contribution in [-0.4, -0.2) is 37.1 Å². The fourth-order valence-corrected chi connectivity index (χ4v) is 2.03. The van der Waals surface area contributed by atoms with Gasteiger partial charge < -0.3 is 10.3 Å². The van der Waals surface area contributed by atoms with Crippen LogP contribution in [0.25, 0.3) is 5.53 Å². The number of rotatable bonds is 4. The van der Waals surface area contributed by atoms with Crippen molar-refractivity contribution in [3.63, 3.8) is 0 Å². The van der Waals surface area contributed by atoms with Gasteiger partial charge >= 0.3 is 11.0 Å². The fraction of sp³-hybridized carbons (Fsp3) is 0.500. The zero-order valence-electron chi connectivity index (χ0n) is 8.34. The Balaban J connectivity index is 4.78. The van der Waals surface area contributed by atoms with Gasteiger partial charge in [0.25, 0.3) is 9.84 Å². The summed E-state index contributed by atoms with van der Waals surface area (Å²) in [7, 11) is -2.87. The van der Waals surface area contributed by atoms with Crippen molar-refractivity contribution in [1.29, 1.82) is 0 Å². The molecule has 0 aromatic rings. The average molecular weight is 232 g/mol. The fourth-order valence-electron chi connectivity index (χ4n) is 0.832. The standard InChI is InChI=1S/C8H12N2O4S/c1-3-4-5-6-15(12,13)7(10-9)8(11)14-2/h3H,1,4-6H2,2H3. The number of allylic oxidation sites excluding steroid dienone is 1. The van der Waals surface area contributed by atoms with Crippen LogP contribution in [0.2, 0.25) is 0 Å². The zero-order chi connectivity index (χ0) is 11.9. The summed E-state index contributed by atoms with van der Waals surface area (Å²) in [4.78, 5) is 13.3. The van der Waals surface area contributed by atoms with E-state index in [-0.39, 0.29) is 5.75 Å². The molecule has 0 spiro atoms. The van der Waals surface area contributed by atoms with E-state index in [1.54, 1.807) is 6.08 Å². The highest BCUT2D eigenvalue weighted by Gasteiger charge is 2.36. The Morgan fingerprint density at radius 1 is 1.60 bits per heavy atom. The number of nitrogens with zero attached hydrogens (tertiary/aromatic N) is 2. The molecule has 0 rings (SSSR count). The van der Waals surface area contributed by atoms with Gasteiger partial charge in [-0.1, -0.05) is 6.08 Å². The van der Waals surface area contributed by atoms with Crippen molar-refractivity contribution in [3.05, 3.63) is 18.2 Å². The van der Waals surface area contributed by atoms with Crippen LogP contribution in [0, 0.1) is 0 Å². The second-order valence-electron chi connectivity index (χ2n) is 2.65. The minimum absolute atomic E-state index is 0.284. The van der Waals surface area contributed by atoms with Crippen LogP contribution >= 0.6 is 0 Å². The van der Waals surface area contributed by atoms with Crippen molar-refractivity contribution in [2.45, 2.75) is 12.8 Å². The quantitative estimate of drug-likeness (QED) is 0.131. The van der Waals surface area contributed by atoms with E-state index < -0.39 is 20.9 Å². The van der Waals surface area contributed by atoms with Crippen molar-refractivity contribution in [3.8, 4) is 0 Å². The van der Waals surface area contributed by atoms with Crippen LogP contribution in [0.5, 0.6) is 0 Å². The van der Waals surface area contributed by atoms with E-state index in [1.807, 2.05) is 0 Å². The number of unbranched alkanes of at least 4 members (excludes halogenated alkanes) is 1. The van der Waals surface area contributed by atoms with Gasteiger partial charge in [-0.3, -0.25) is 0 Å². The van der Waals surface area contributed by atoms with E-state index in [2.05, 4.69) is 16.1 Å². The molecule has 15 heavy (non-hydrogen) atoms. The summed E-state index contributed by atoms with van der Waals surface area (Å²) in [5.74, 6) is -1.45. The van der Waals surface area contributed by atoms with Crippen LogP contribution in [0.4, 0.5) is 0 Å². The first-order valence-corrected chi connectivity index (χ1v) is 5.78. The Morgan fingerprint density at radius 2 is 2.20 bits per heavy atom. The summed E-state index contributed by atoms with van der Waals surface area (Å²) < 4.78 is 27.0. The summed E-state index contributed by atoms with van der Waals surface area (Å²) >= 11 is 0. The number of sulfone groups is 1. The molecule has 0 fully saturated rings. The third kappa shape index (κ3) is 4.05. The van der Waals surface area contributed by atoms with Crippen molar-refractivity contribution in [1.82, 2.24) is 0 Å². The number of methoxy groups -OCH3 is 1. The number of hydrogen-bond acceptors (Lipinski definition) is 4. The monoisotopic (exact) mass is 232 g/mol. The molecule has 0 heterocycles. The molecule has 0 bridgehead atoms. The molecule has 0 amide bonds. The normalized spacial score (nSPS) is 10.2. The zero-order valence-corrected chi connectivity index (χ0v) is 9.16. The summed E-state index contributed by atoms with van der Waals surface area (Å²) in [5.41, 5.74) is 8.41. The number of esters is 1. The van der Waals surface area contributed by atoms with Gasteiger partial charge in [0.05, 0.1) is 12.9 Å². The second kappa shape index (κ2) is 6.10. The SMILES string of the molecule is C=CCCCS(=O)(=O)C(=[N+]=[N-])C(=O)OC. The van der Waals surface area contributed by atoms with Gasteiger partial charge in [-0.25, -0.2) is 13.2 Å². The molecule has 7 heteroatoms. The maximum Gasteiger partial charge on any atom is 0.488 e. The Labute approximate surface area is 88.1 Å². The summed E-state index contributed by atoms with van der Waals surface area (Å²) in [6.45, 7) is 3.43. The molecule has 0 N–H and O–H groups in total. The molecule has 0 aromatic heterocycles. The molecule has 0 aliphatic carbocycles. The largest absolute Gasteiger partial charge is 0.488 e. The van der Waals surface area contributed by atoms with Crippen molar-refractivity contribution in [2.24, 2.45) is 0 Å². The van der Waals surface area contributed by atoms with E-state index in [4.69, 9.17) is 5.53 Å². The molecule has 84 valence electrons. The van der Waals surface area contributed by atoms with Gasteiger partial charge in [-0.05, 0) is 12.8 Å². The van der Waals surface area contributed by atoms with E-state index >= 15 is 0 Å². The van der Waals surface area contributed by atoms with Crippen molar-refractivity contribution in [2.75, 3.05) is 12.9 Å². The topological polar surface area (TPSA) is 96.8 Å². The summed E-state index contributed by atoms with van der Waals surface area (Å²) in [5, 5.41) is -0.964. The molecule has 0 radical (unpaired) electrons. The van der Waals surface area contributed by atoms with Crippen LogP contribution in [0.15, 0.2) is 12.7 Å². The Bertz CT molecular complexity index is 393. The highest BCUT2D eigenvalue weighted by molar-refractivity contribution is 8.07. The van der Waals surface area contributed by atoms with E-state index in [0.29, 0.717) is 12.8 Å². The molecule has 0 atom stereocenters. The van der Waals surface area contributed by atoms with E-state index in [9.17, 15) is 13.2 Å². The molecule has 0 aliphatic rings. The van der Waals surface area contributed by atoms with E-state index in [1.165, 1.54) is 0 Å². The lowest BCUT2D eigenvalue weighted by molar-refractivity contribution is -0.136. The molecule has 0 aromatic carbocycles. The lowest BCUT2D eigenvalue weighted by Gasteiger charge is -1.97. The molecule has 0 saturated carbocycles. The molecule has 0 unspecified atom stereocenters. The van der Waals surface area contributed by atoms with Crippen molar-refractivity contribution < 1.29 is 22.7 Å². The number of carbonyl (C=O) groups is 1. The Hall–Kier alpha value is -1.46. The van der Waals surface area contributed by atoms with Crippen LogP contribution < -0.4 is 0 Å². The Morgan fingerprint density at radius 3 is 2.60 bits per heavy atom. The first-order valence-electron chi connectivity index (χ1n) is 4.13. The molecule has 6 nitrogen and oxygen atoms in total. The lowest BCUT2D eigenvalue weighted by Crippen LogP contribution is -2.28. The van der Waals surface area contributed by atoms with Gasteiger partial charge in [-0.15, -0.1) is 11.4 Å². The number of carbonyl (C=O) groups excluding carboxylic acids is 1. The minimum atomic E-state index is -3.88. The highest BCUT2D eigenvalue weighted by Crippen LogP contribution is 2.00. The second-order valence-corrected chi connectivity index (χ2v) is 4.67. The summed E-state index contributed by atoms with van der Waals surface area (Å²) in [6, 6.07) is 0. The lowest BCUT2D eigenvalue weighted by atomic mass is 10.3. The Kier molecular flexibility index (Phi) is 5.51. The maximum absolute atomic E-state index is 11.4. The maximum atomic E-state index is 11.4. The highest BCUT2D eigenvalue weighted by atomic mass is 32.2. The predicted molar refractivity (Wildman–Crippen MR) is 53.9 cm³/mol. The first-order chi connectivity index (χ1) is 6.99. The van der Waals surface area contributed by atoms with Gasteiger partial charge in [0.2, 0.25) is 0 Å². The predicted octanol–water partition coefficient (Wildman–Crippen LogP) is 0.169. The van der Waals surface area contributed by atoms with Gasteiger partial charge in [0, 0.05) is 0 Å². The third-order valence-electron chi connectivity index (χ3n) is 1.57. The van der Waals surface area contributed by atoms with Gasteiger partial charge in [0.1, 0.15) is 0 Å². The van der Waals surface area contributed by atoms with Gasteiger partial charge in [-0.2, -0.15) is 0 Å². The van der Waals surface area contributed by atoms with Crippen molar-refractivity contribution >= 4 is 20.9 Å². The van der Waals surface area contributed by atoms with Crippen LogP contribution in [0.3, 0.4) is 0 Å². The number of hydrogen-bond donors (Lipinski definition) is 0. The van der Waals surface area contributed by atoms with Gasteiger partial charge in [0.15, 0.2) is 0 Å². The molecular weight excluding hydrogens is 220 g/mol. The summed E-state index contributed by atoms with van der Waals surface area (Å²) in [6.07, 6.45) is 2.37. The smallest absolute Gasteiger partial charge is 0.460 e. The average Bonchev–Trinajstić information content (AvgIpc) is 2.18. The number of ether oxygens (including phenoxy) is 1. The van der Waals surface area contributed by atoms with Crippen LogP contribution in [-0.2, 0) is 19.4 Å². The molecule has 0 saturated heterocycles. The first kappa shape index (κ1) is 13.5.